The predicted octanol–water partition coefficient (Wildman–Crippen LogP) is 3.75. The Hall–Kier alpha value is -1.34. The quantitative estimate of drug-likeness (QED) is 0.435. The van der Waals surface area contributed by atoms with Gasteiger partial charge in [-0.1, -0.05) is 44.1 Å². The van der Waals surface area contributed by atoms with Crippen LogP contribution in [0.2, 0.25) is 0 Å². The Labute approximate surface area is 215 Å². The van der Waals surface area contributed by atoms with Crippen LogP contribution >= 0.6 is 0 Å². The molecular weight excluding hydrogens is 456 g/mol. The highest BCUT2D eigenvalue weighted by Crippen LogP contribution is 2.74. The Morgan fingerprint density at radius 3 is 2.33 bits per heavy atom. The molecule has 0 aromatic carbocycles. The molecular formula is C30H46O6. The van der Waals surface area contributed by atoms with Gasteiger partial charge in [0.2, 0.25) is 0 Å². The van der Waals surface area contributed by atoms with Crippen molar-refractivity contribution in [1.82, 2.24) is 0 Å². The maximum Gasteiger partial charge on any atom is 0.170 e. The molecule has 0 saturated heterocycles. The molecule has 0 aliphatic heterocycles. The monoisotopic (exact) mass is 502 g/mol. The molecule has 4 rings (SSSR count). The molecule has 202 valence electrons. The summed E-state index contributed by atoms with van der Waals surface area (Å²) in [4.78, 5) is 27.1. The second-order valence-electron chi connectivity index (χ2n) is 14.0. The molecule has 0 aromatic rings. The van der Waals surface area contributed by atoms with Gasteiger partial charge in [0, 0.05) is 23.2 Å². The van der Waals surface area contributed by atoms with Crippen molar-refractivity contribution >= 4 is 11.6 Å². The van der Waals surface area contributed by atoms with Gasteiger partial charge in [0.15, 0.2) is 5.78 Å². The second-order valence-corrected chi connectivity index (χ2v) is 14.0. The molecule has 0 spiro atoms. The number of rotatable bonds is 4. The van der Waals surface area contributed by atoms with Crippen molar-refractivity contribution in [3.63, 3.8) is 0 Å². The van der Waals surface area contributed by atoms with Gasteiger partial charge < -0.3 is 20.4 Å². The first kappa shape index (κ1) is 27.7. The Balaban J connectivity index is 1.80. The van der Waals surface area contributed by atoms with Crippen molar-refractivity contribution in [3.05, 3.63) is 23.3 Å². The van der Waals surface area contributed by atoms with Crippen LogP contribution in [0.5, 0.6) is 0 Å². The zero-order chi connectivity index (χ0) is 27.2. The summed E-state index contributed by atoms with van der Waals surface area (Å²) in [5.41, 5.74) is -2.41. The summed E-state index contributed by atoms with van der Waals surface area (Å²) >= 11 is 0. The molecule has 4 N–H and O–H groups in total. The maximum atomic E-state index is 14.2. The SMILES string of the molecule is CC(C)=CC[C@H](O)[C@](C)(O)[C@H]1[C@H](O)C[C@@]2(C)[C@@H]3CC=C4[C@@H](C[C@H](O)C(=O)C4(C)C)[C@]3(C)C(=O)C[C@]12C. The van der Waals surface area contributed by atoms with Crippen LogP contribution in [-0.2, 0) is 9.59 Å². The number of fused-ring (bicyclic) bond motifs is 5. The van der Waals surface area contributed by atoms with Crippen molar-refractivity contribution < 1.29 is 30.0 Å². The topological polar surface area (TPSA) is 115 Å². The normalized spacial score (nSPS) is 46.1. The fourth-order valence-electron chi connectivity index (χ4n) is 9.23. The summed E-state index contributed by atoms with van der Waals surface area (Å²) < 4.78 is 0. The van der Waals surface area contributed by atoms with Crippen molar-refractivity contribution in [2.45, 2.75) is 111 Å². The summed E-state index contributed by atoms with van der Waals surface area (Å²) in [7, 11) is 0. The van der Waals surface area contributed by atoms with Crippen molar-refractivity contribution in [2.75, 3.05) is 0 Å². The van der Waals surface area contributed by atoms with Gasteiger partial charge in [-0.3, -0.25) is 9.59 Å². The minimum absolute atomic E-state index is 0.0640. The van der Waals surface area contributed by atoms with Crippen LogP contribution in [0, 0.1) is 39.4 Å². The Morgan fingerprint density at radius 1 is 1.14 bits per heavy atom. The number of Topliss-reactive ketones (excluding diaryl/α,β-unsaturated/α-hetero) is 2. The molecule has 6 heteroatoms. The molecule has 6 nitrogen and oxygen atoms in total. The number of allylic oxidation sites excluding steroid dienone is 3. The third kappa shape index (κ3) is 3.43. The summed E-state index contributed by atoms with van der Waals surface area (Å²) in [5.74, 6) is -1.16. The van der Waals surface area contributed by atoms with Crippen molar-refractivity contribution in [3.8, 4) is 0 Å². The van der Waals surface area contributed by atoms with E-state index in [1.54, 1.807) is 6.92 Å². The van der Waals surface area contributed by atoms with E-state index in [4.69, 9.17) is 0 Å². The molecule has 0 amide bonds. The summed E-state index contributed by atoms with van der Waals surface area (Å²) in [6, 6.07) is 0. The van der Waals surface area contributed by atoms with Gasteiger partial charge in [-0.05, 0) is 83.0 Å². The molecule has 0 heterocycles. The standard InChI is InChI=1S/C30H46O6/c1-16(2)9-12-22(33)30(8,36)24-20(32)14-27(5)21-11-10-17-18(13-19(31)25(35)26(17,3)4)29(21,7)23(34)15-28(24,27)6/h9-10,18-22,24,31-33,36H,11-15H2,1-8H3/t18-,19+,20-,21+,22+,24+,27+,28-,29+,30+/m1/s1. The number of carbonyl (C=O) groups excluding carboxylic acids is 2. The molecule has 0 aromatic heterocycles. The van der Waals surface area contributed by atoms with Crippen LogP contribution in [0.25, 0.3) is 0 Å². The minimum Gasteiger partial charge on any atom is -0.393 e. The minimum atomic E-state index is -1.59. The smallest absolute Gasteiger partial charge is 0.170 e. The molecule has 3 saturated carbocycles. The van der Waals surface area contributed by atoms with Gasteiger partial charge in [-0.2, -0.15) is 0 Å². The lowest BCUT2D eigenvalue weighted by atomic mass is 9.38. The first-order valence-electron chi connectivity index (χ1n) is 13.5. The molecule has 3 fully saturated rings. The zero-order valence-electron chi connectivity index (χ0n) is 23.3. The second kappa shape index (κ2) is 8.33. The zero-order valence-corrected chi connectivity index (χ0v) is 23.3. The van der Waals surface area contributed by atoms with E-state index in [9.17, 15) is 30.0 Å². The first-order chi connectivity index (χ1) is 16.4. The maximum absolute atomic E-state index is 14.2. The van der Waals surface area contributed by atoms with E-state index in [2.05, 4.69) is 13.0 Å². The van der Waals surface area contributed by atoms with E-state index in [0.29, 0.717) is 12.8 Å². The Morgan fingerprint density at radius 2 is 1.75 bits per heavy atom. The van der Waals surface area contributed by atoms with Gasteiger partial charge in [0.25, 0.3) is 0 Å². The van der Waals surface area contributed by atoms with Gasteiger partial charge in [0.05, 0.1) is 17.8 Å². The van der Waals surface area contributed by atoms with Crippen LogP contribution in [0.1, 0.15) is 87.5 Å². The Kier molecular flexibility index (Phi) is 6.41. The van der Waals surface area contributed by atoms with Crippen molar-refractivity contribution in [2.24, 2.45) is 39.4 Å². The number of carbonyl (C=O) groups is 2. The van der Waals surface area contributed by atoms with Gasteiger partial charge in [0.1, 0.15) is 11.9 Å². The molecule has 0 bridgehead atoms. The summed E-state index contributed by atoms with van der Waals surface area (Å²) in [5, 5.41) is 44.9. The van der Waals surface area contributed by atoms with Crippen LogP contribution in [0.3, 0.4) is 0 Å². The van der Waals surface area contributed by atoms with E-state index in [1.807, 2.05) is 47.6 Å². The highest BCUT2D eigenvalue weighted by Gasteiger charge is 2.74. The molecule has 0 unspecified atom stereocenters. The fourth-order valence-corrected chi connectivity index (χ4v) is 9.23. The summed E-state index contributed by atoms with van der Waals surface area (Å²) in [6.45, 7) is 15.3. The lowest BCUT2D eigenvalue weighted by molar-refractivity contribution is -0.194. The number of ketones is 2. The average Bonchev–Trinajstić information content (AvgIpc) is 2.96. The first-order valence-corrected chi connectivity index (χ1v) is 13.5. The largest absolute Gasteiger partial charge is 0.393 e. The third-order valence-corrected chi connectivity index (χ3v) is 11.5. The predicted molar refractivity (Wildman–Crippen MR) is 138 cm³/mol. The van der Waals surface area contributed by atoms with E-state index < -0.39 is 51.5 Å². The number of hydrogen-bond donors (Lipinski definition) is 4. The van der Waals surface area contributed by atoms with Gasteiger partial charge in [-0.25, -0.2) is 0 Å². The van der Waals surface area contributed by atoms with E-state index in [-0.39, 0.29) is 42.7 Å². The van der Waals surface area contributed by atoms with Crippen LogP contribution in [-0.4, -0.2) is 55.9 Å². The molecule has 10 atom stereocenters. The van der Waals surface area contributed by atoms with E-state index >= 15 is 0 Å². The van der Waals surface area contributed by atoms with E-state index in [0.717, 1.165) is 11.1 Å². The van der Waals surface area contributed by atoms with Crippen molar-refractivity contribution in [1.29, 1.82) is 0 Å². The number of aliphatic hydroxyl groups is 4. The lowest BCUT2D eigenvalue weighted by Crippen LogP contribution is -2.65. The fraction of sp³-hybridized carbons (Fsp3) is 0.800. The molecule has 0 radical (unpaired) electrons. The molecule has 4 aliphatic carbocycles. The van der Waals surface area contributed by atoms with Crippen LogP contribution in [0.4, 0.5) is 0 Å². The molecule has 4 aliphatic rings. The van der Waals surface area contributed by atoms with E-state index in [1.165, 1.54) is 0 Å². The lowest BCUT2D eigenvalue weighted by Gasteiger charge is -2.64. The molecule has 36 heavy (non-hydrogen) atoms. The number of hydrogen-bond acceptors (Lipinski definition) is 6. The summed E-state index contributed by atoms with van der Waals surface area (Å²) in [6.07, 6.45) is 2.68. The van der Waals surface area contributed by atoms with Gasteiger partial charge in [-0.15, -0.1) is 0 Å². The highest BCUT2D eigenvalue weighted by molar-refractivity contribution is 5.94. The highest BCUT2D eigenvalue weighted by atomic mass is 16.3. The Bertz CT molecular complexity index is 1020. The third-order valence-electron chi connectivity index (χ3n) is 11.5. The number of aliphatic hydroxyl groups excluding tert-OH is 3. The average molecular weight is 503 g/mol. The van der Waals surface area contributed by atoms with Crippen LogP contribution < -0.4 is 0 Å². The van der Waals surface area contributed by atoms with Crippen LogP contribution in [0.15, 0.2) is 23.3 Å². The van der Waals surface area contributed by atoms with Gasteiger partial charge >= 0.3 is 0 Å².